The molecule has 4 nitrogen and oxygen atoms in total. The van der Waals surface area contributed by atoms with E-state index in [9.17, 15) is 5.11 Å². The third-order valence-corrected chi connectivity index (χ3v) is 3.96. The van der Waals surface area contributed by atoms with Gasteiger partial charge in [0, 0.05) is 29.7 Å². The molecule has 1 aliphatic rings. The second-order valence-electron chi connectivity index (χ2n) is 5.34. The maximum atomic E-state index is 9.53. The minimum absolute atomic E-state index is 0.119. The zero-order valence-electron chi connectivity index (χ0n) is 10.8. The van der Waals surface area contributed by atoms with Crippen molar-refractivity contribution >= 4 is 22.1 Å². The molecule has 1 fully saturated rings. The predicted molar refractivity (Wildman–Crippen MR) is 78.0 cm³/mol. The van der Waals surface area contributed by atoms with Crippen molar-refractivity contribution in [2.45, 2.75) is 25.4 Å². The van der Waals surface area contributed by atoms with Gasteiger partial charge in [0.1, 0.15) is 0 Å². The van der Waals surface area contributed by atoms with Crippen molar-refractivity contribution in [3.8, 4) is 0 Å². The average molecular weight is 257 g/mol. The van der Waals surface area contributed by atoms with Crippen LogP contribution in [-0.2, 0) is 0 Å². The minimum Gasteiger partial charge on any atom is -0.397 e. The first-order chi connectivity index (χ1) is 9.24. The van der Waals surface area contributed by atoms with Gasteiger partial charge in [0.15, 0.2) is 0 Å². The molecule has 1 aliphatic carbocycles. The van der Waals surface area contributed by atoms with Crippen molar-refractivity contribution in [2.24, 2.45) is 5.92 Å². The number of nitrogen functional groups attached to an aromatic ring is 1. The van der Waals surface area contributed by atoms with Crippen molar-refractivity contribution in [1.82, 2.24) is 4.98 Å². The molecule has 0 amide bonds. The third kappa shape index (κ3) is 2.49. The molecule has 0 radical (unpaired) electrons. The van der Waals surface area contributed by atoms with E-state index < -0.39 is 0 Å². The Morgan fingerprint density at radius 1 is 1.32 bits per heavy atom. The quantitative estimate of drug-likeness (QED) is 0.738. The molecule has 1 aromatic heterocycles. The summed E-state index contributed by atoms with van der Waals surface area (Å²) in [7, 11) is 0. The summed E-state index contributed by atoms with van der Waals surface area (Å²) in [6.45, 7) is 0.873. The highest BCUT2D eigenvalue weighted by Crippen LogP contribution is 2.30. The van der Waals surface area contributed by atoms with E-state index in [1.54, 1.807) is 6.20 Å². The minimum atomic E-state index is -0.119. The van der Waals surface area contributed by atoms with Crippen LogP contribution in [0, 0.1) is 5.92 Å². The van der Waals surface area contributed by atoms with Crippen LogP contribution in [0.3, 0.4) is 0 Å². The lowest BCUT2D eigenvalue weighted by Gasteiger charge is -2.15. The Hall–Kier alpha value is -1.81. The SMILES string of the molecule is Nc1c(NCC2CCC(O)C2)ccc2cnccc12. The van der Waals surface area contributed by atoms with Crippen LogP contribution in [0.2, 0.25) is 0 Å². The standard InChI is InChI=1S/C15H19N3O/c16-15-13-5-6-17-9-11(13)2-4-14(15)18-8-10-1-3-12(19)7-10/h2,4-6,9-10,12,18-19H,1,3,7-8,16H2. The van der Waals surface area contributed by atoms with E-state index in [4.69, 9.17) is 5.73 Å². The summed E-state index contributed by atoms with van der Waals surface area (Å²) in [4.78, 5) is 4.10. The van der Waals surface area contributed by atoms with Gasteiger partial charge < -0.3 is 16.2 Å². The Labute approximate surface area is 112 Å². The van der Waals surface area contributed by atoms with Crippen LogP contribution in [0.1, 0.15) is 19.3 Å². The van der Waals surface area contributed by atoms with E-state index >= 15 is 0 Å². The lowest BCUT2D eigenvalue weighted by molar-refractivity contribution is 0.178. The first-order valence-electron chi connectivity index (χ1n) is 6.78. The van der Waals surface area contributed by atoms with E-state index in [-0.39, 0.29) is 6.10 Å². The summed E-state index contributed by atoms with van der Waals surface area (Å²) in [5, 5.41) is 15.0. The number of benzene rings is 1. The predicted octanol–water partition coefficient (Wildman–Crippen LogP) is 2.39. The summed E-state index contributed by atoms with van der Waals surface area (Å²) in [6.07, 6.45) is 6.37. The molecule has 100 valence electrons. The number of aliphatic hydroxyl groups excluding tert-OH is 1. The highest BCUT2D eigenvalue weighted by Gasteiger charge is 2.22. The molecular formula is C15H19N3O. The first-order valence-corrected chi connectivity index (χ1v) is 6.78. The maximum absolute atomic E-state index is 9.53. The van der Waals surface area contributed by atoms with E-state index in [1.165, 1.54) is 0 Å². The number of hydrogen-bond acceptors (Lipinski definition) is 4. The van der Waals surface area contributed by atoms with E-state index in [1.807, 2.05) is 24.4 Å². The lowest BCUT2D eigenvalue weighted by atomic mass is 10.1. The molecule has 1 saturated carbocycles. The van der Waals surface area contributed by atoms with Gasteiger partial charge in [-0.3, -0.25) is 4.98 Å². The zero-order valence-corrected chi connectivity index (χ0v) is 10.8. The summed E-state index contributed by atoms with van der Waals surface area (Å²) in [6, 6.07) is 5.98. The van der Waals surface area contributed by atoms with Gasteiger partial charge in [0.2, 0.25) is 0 Å². The molecule has 0 saturated heterocycles. The fourth-order valence-electron chi connectivity index (χ4n) is 2.84. The molecule has 2 unspecified atom stereocenters. The van der Waals surface area contributed by atoms with Gasteiger partial charge in [-0.1, -0.05) is 6.07 Å². The molecule has 0 bridgehead atoms. The maximum Gasteiger partial charge on any atom is 0.0630 e. The average Bonchev–Trinajstić information content (AvgIpc) is 2.84. The number of pyridine rings is 1. The Balaban J connectivity index is 1.76. The number of aliphatic hydroxyl groups is 1. The normalized spacial score (nSPS) is 22.8. The van der Waals surface area contributed by atoms with Crippen LogP contribution in [-0.4, -0.2) is 22.7 Å². The number of rotatable bonds is 3. The van der Waals surface area contributed by atoms with Gasteiger partial charge in [-0.2, -0.15) is 0 Å². The van der Waals surface area contributed by atoms with Crippen LogP contribution in [0.5, 0.6) is 0 Å². The van der Waals surface area contributed by atoms with Gasteiger partial charge in [0.25, 0.3) is 0 Å². The summed E-state index contributed by atoms with van der Waals surface area (Å²) in [5.74, 6) is 0.544. The van der Waals surface area contributed by atoms with Crippen LogP contribution < -0.4 is 11.1 Å². The molecule has 0 spiro atoms. The van der Waals surface area contributed by atoms with Gasteiger partial charge in [-0.05, 0) is 37.3 Å². The molecule has 4 heteroatoms. The number of hydrogen-bond donors (Lipinski definition) is 3. The molecule has 4 N–H and O–H groups in total. The molecule has 3 rings (SSSR count). The summed E-state index contributed by atoms with van der Waals surface area (Å²) < 4.78 is 0. The Bertz CT molecular complexity index is 585. The van der Waals surface area contributed by atoms with E-state index in [0.717, 1.165) is 48.0 Å². The smallest absolute Gasteiger partial charge is 0.0630 e. The third-order valence-electron chi connectivity index (χ3n) is 3.96. The summed E-state index contributed by atoms with van der Waals surface area (Å²) in [5.41, 5.74) is 7.94. The van der Waals surface area contributed by atoms with Gasteiger partial charge in [-0.15, -0.1) is 0 Å². The van der Waals surface area contributed by atoms with E-state index in [0.29, 0.717) is 5.92 Å². The number of fused-ring (bicyclic) bond motifs is 1. The van der Waals surface area contributed by atoms with Crippen LogP contribution in [0.4, 0.5) is 11.4 Å². The summed E-state index contributed by atoms with van der Waals surface area (Å²) >= 11 is 0. The number of anilines is 2. The Morgan fingerprint density at radius 2 is 2.21 bits per heavy atom. The molecule has 19 heavy (non-hydrogen) atoms. The van der Waals surface area contributed by atoms with Crippen molar-refractivity contribution in [3.63, 3.8) is 0 Å². The fraction of sp³-hybridized carbons (Fsp3) is 0.400. The number of nitrogens with two attached hydrogens (primary N) is 1. The van der Waals surface area contributed by atoms with Crippen LogP contribution >= 0.6 is 0 Å². The molecular weight excluding hydrogens is 238 g/mol. The zero-order chi connectivity index (χ0) is 13.2. The van der Waals surface area contributed by atoms with Crippen molar-refractivity contribution < 1.29 is 5.11 Å². The highest BCUT2D eigenvalue weighted by molar-refractivity contribution is 5.98. The first kappa shape index (κ1) is 12.2. The molecule has 2 aromatic rings. The fourth-order valence-corrected chi connectivity index (χ4v) is 2.84. The Morgan fingerprint density at radius 3 is 3.00 bits per heavy atom. The van der Waals surface area contributed by atoms with Crippen LogP contribution in [0.15, 0.2) is 30.6 Å². The second kappa shape index (κ2) is 5.05. The lowest BCUT2D eigenvalue weighted by Crippen LogP contribution is -2.13. The van der Waals surface area contributed by atoms with Gasteiger partial charge in [-0.25, -0.2) is 0 Å². The second-order valence-corrected chi connectivity index (χ2v) is 5.34. The van der Waals surface area contributed by atoms with Crippen molar-refractivity contribution in [1.29, 1.82) is 0 Å². The van der Waals surface area contributed by atoms with Gasteiger partial charge in [0.05, 0.1) is 17.5 Å². The molecule has 2 atom stereocenters. The topological polar surface area (TPSA) is 71.2 Å². The van der Waals surface area contributed by atoms with Gasteiger partial charge >= 0.3 is 0 Å². The van der Waals surface area contributed by atoms with Crippen molar-refractivity contribution in [2.75, 3.05) is 17.6 Å². The van der Waals surface area contributed by atoms with Crippen molar-refractivity contribution in [3.05, 3.63) is 30.6 Å². The van der Waals surface area contributed by atoms with E-state index in [2.05, 4.69) is 10.3 Å². The molecule has 1 aromatic carbocycles. The van der Waals surface area contributed by atoms with Crippen LogP contribution in [0.25, 0.3) is 10.8 Å². The largest absolute Gasteiger partial charge is 0.397 e. The monoisotopic (exact) mass is 257 g/mol. The molecule has 1 heterocycles. The highest BCUT2D eigenvalue weighted by atomic mass is 16.3. The molecule has 0 aliphatic heterocycles. The number of nitrogens with zero attached hydrogens (tertiary/aromatic N) is 1. The Kier molecular flexibility index (Phi) is 3.25. The number of aromatic nitrogens is 1. The number of nitrogens with one attached hydrogen (secondary N) is 1.